The first-order valence-electron chi connectivity index (χ1n) is 10.3. The maximum Gasteiger partial charge on any atom is 0.338 e. The van der Waals surface area contributed by atoms with Crippen molar-refractivity contribution in [3.05, 3.63) is 60.2 Å². The van der Waals surface area contributed by atoms with E-state index < -0.39 is 0 Å². The van der Waals surface area contributed by atoms with Crippen LogP contribution in [0, 0.1) is 5.92 Å². The van der Waals surface area contributed by atoms with Gasteiger partial charge in [-0.1, -0.05) is 25.1 Å². The zero-order valence-electron chi connectivity index (χ0n) is 17.1. The van der Waals surface area contributed by atoms with Gasteiger partial charge in [0.2, 0.25) is 5.91 Å². The van der Waals surface area contributed by atoms with E-state index in [4.69, 9.17) is 4.74 Å². The van der Waals surface area contributed by atoms with Gasteiger partial charge in [-0.25, -0.2) is 9.59 Å². The van der Waals surface area contributed by atoms with Crippen LogP contribution in [0.1, 0.15) is 36.5 Å². The van der Waals surface area contributed by atoms with Gasteiger partial charge >= 0.3 is 12.0 Å². The van der Waals surface area contributed by atoms with Gasteiger partial charge in [0, 0.05) is 24.5 Å². The second-order valence-corrected chi connectivity index (χ2v) is 7.28. The molecule has 0 spiro atoms. The van der Waals surface area contributed by atoms with Crippen molar-refractivity contribution in [1.82, 2.24) is 4.90 Å². The number of carbonyl (C=O) groups excluding carboxylic acids is 3. The first-order valence-corrected chi connectivity index (χ1v) is 10.3. The molecular weight excluding hydrogens is 382 g/mol. The number of hydrogen-bond donors (Lipinski definition) is 2. The molecule has 3 amide bonds. The Morgan fingerprint density at radius 1 is 1.00 bits per heavy atom. The van der Waals surface area contributed by atoms with Crippen LogP contribution in [0.25, 0.3) is 0 Å². The average Bonchev–Trinajstić information content (AvgIpc) is 2.78. The summed E-state index contributed by atoms with van der Waals surface area (Å²) in [6.45, 7) is 3.31. The number of urea groups is 1. The zero-order valence-corrected chi connectivity index (χ0v) is 17.1. The van der Waals surface area contributed by atoms with Crippen molar-refractivity contribution in [3.63, 3.8) is 0 Å². The number of amides is 3. The minimum Gasteiger partial charge on any atom is -0.462 e. The molecule has 1 heterocycles. The van der Waals surface area contributed by atoms with Gasteiger partial charge in [-0.3, -0.25) is 4.79 Å². The molecule has 0 aromatic heterocycles. The summed E-state index contributed by atoms with van der Waals surface area (Å²) in [7, 11) is 0. The van der Waals surface area contributed by atoms with Crippen molar-refractivity contribution in [2.75, 3.05) is 30.3 Å². The third-order valence-corrected chi connectivity index (χ3v) is 4.93. The second-order valence-electron chi connectivity index (χ2n) is 7.28. The number of piperidine rings is 1. The maximum atomic E-state index is 12.7. The fourth-order valence-electron chi connectivity index (χ4n) is 3.31. The van der Waals surface area contributed by atoms with Crippen molar-refractivity contribution < 1.29 is 19.1 Å². The van der Waals surface area contributed by atoms with Crippen LogP contribution < -0.4 is 10.6 Å². The monoisotopic (exact) mass is 409 g/mol. The lowest BCUT2D eigenvalue weighted by Gasteiger charge is -2.32. The standard InChI is InChI=1S/C23H27N3O4/c1-2-15-30-22(28)17-10-12-20(13-11-17)24-21(27)18-7-6-14-26(16-18)23(29)25-19-8-4-3-5-9-19/h3-5,8-13,18H,2,6-7,14-16H2,1H3,(H,24,27)(H,25,29). The number of esters is 1. The molecule has 3 rings (SSSR count). The van der Waals surface area contributed by atoms with E-state index in [9.17, 15) is 14.4 Å². The van der Waals surface area contributed by atoms with Crippen molar-refractivity contribution in [2.24, 2.45) is 5.92 Å². The fourth-order valence-corrected chi connectivity index (χ4v) is 3.31. The number of carbonyl (C=O) groups is 3. The zero-order chi connectivity index (χ0) is 21.3. The Labute approximate surface area is 176 Å². The van der Waals surface area contributed by atoms with Gasteiger partial charge in [-0.15, -0.1) is 0 Å². The first-order chi connectivity index (χ1) is 14.6. The molecule has 1 aliphatic rings. The average molecular weight is 409 g/mol. The minimum atomic E-state index is -0.373. The van der Waals surface area contributed by atoms with Gasteiger partial charge in [0.25, 0.3) is 0 Å². The van der Waals surface area contributed by atoms with Crippen molar-refractivity contribution >= 4 is 29.3 Å². The van der Waals surface area contributed by atoms with Crippen molar-refractivity contribution in [2.45, 2.75) is 26.2 Å². The summed E-state index contributed by atoms with van der Waals surface area (Å²) >= 11 is 0. The molecule has 1 unspecified atom stereocenters. The molecule has 0 saturated carbocycles. The molecular formula is C23H27N3O4. The molecule has 2 aromatic rings. The van der Waals surface area contributed by atoms with Gasteiger partial charge < -0.3 is 20.3 Å². The SMILES string of the molecule is CCCOC(=O)c1ccc(NC(=O)C2CCCN(C(=O)Nc3ccccc3)C2)cc1. The van der Waals surface area contributed by atoms with Crippen LogP contribution >= 0.6 is 0 Å². The summed E-state index contributed by atoms with van der Waals surface area (Å²) in [6.07, 6.45) is 2.26. The molecule has 7 nitrogen and oxygen atoms in total. The molecule has 0 aliphatic carbocycles. The number of rotatable bonds is 6. The van der Waals surface area contributed by atoms with Gasteiger partial charge in [-0.2, -0.15) is 0 Å². The number of likely N-dealkylation sites (tertiary alicyclic amines) is 1. The Kier molecular flexibility index (Phi) is 7.43. The van der Waals surface area contributed by atoms with E-state index >= 15 is 0 Å². The molecule has 2 N–H and O–H groups in total. The quantitative estimate of drug-likeness (QED) is 0.702. The third kappa shape index (κ3) is 5.83. The van der Waals surface area contributed by atoms with E-state index in [1.165, 1.54) is 0 Å². The van der Waals surface area contributed by atoms with Crippen molar-refractivity contribution in [3.8, 4) is 0 Å². The minimum absolute atomic E-state index is 0.131. The summed E-state index contributed by atoms with van der Waals surface area (Å²) in [5.41, 5.74) is 1.78. The number of nitrogens with one attached hydrogen (secondary N) is 2. The highest BCUT2D eigenvalue weighted by Crippen LogP contribution is 2.20. The maximum absolute atomic E-state index is 12.7. The first kappa shape index (κ1) is 21.4. The highest BCUT2D eigenvalue weighted by molar-refractivity contribution is 5.95. The molecule has 1 saturated heterocycles. The highest BCUT2D eigenvalue weighted by atomic mass is 16.5. The van der Waals surface area contributed by atoms with Crippen LogP contribution in [-0.2, 0) is 9.53 Å². The Morgan fingerprint density at radius 2 is 1.70 bits per heavy atom. The number of para-hydroxylation sites is 1. The van der Waals surface area contributed by atoms with Gasteiger partial charge in [0.1, 0.15) is 0 Å². The van der Waals surface area contributed by atoms with E-state index in [-0.39, 0.29) is 23.8 Å². The largest absolute Gasteiger partial charge is 0.462 e. The van der Waals surface area contributed by atoms with Crippen LogP contribution in [-0.4, -0.2) is 42.5 Å². The summed E-state index contributed by atoms with van der Waals surface area (Å²) < 4.78 is 5.10. The number of anilines is 2. The van der Waals surface area contributed by atoms with Crippen LogP contribution in [0.5, 0.6) is 0 Å². The fraction of sp³-hybridized carbons (Fsp3) is 0.348. The smallest absolute Gasteiger partial charge is 0.338 e. The molecule has 158 valence electrons. The van der Waals surface area contributed by atoms with Gasteiger partial charge in [0.15, 0.2) is 0 Å². The highest BCUT2D eigenvalue weighted by Gasteiger charge is 2.28. The molecule has 30 heavy (non-hydrogen) atoms. The number of ether oxygens (including phenoxy) is 1. The van der Waals surface area contributed by atoms with Gasteiger partial charge in [-0.05, 0) is 55.7 Å². The Balaban J connectivity index is 1.53. The number of nitrogens with zero attached hydrogens (tertiary/aromatic N) is 1. The molecule has 0 radical (unpaired) electrons. The van der Waals surface area contributed by atoms with E-state index in [2.05, 4.69) is 10.6 Å². The Bertz CT molecular complexity index is 868. The van der Waals surface area contributed by atoms with Gasteiger partial charge in [0.05, 0.1) is 18.1 Å². The molecule has 1 aliphatic heterocycles. The molecule has 1 fully saturated rings. The Hall–Kier alpha value is -3.35. The predicted molar refractivity (Wildman–Crippen MR) is 115 cm³/mol. The lowest BCUT2D eigenvalue weighted by Crippen LogP contribution is -2.45. The van der Waals surface area contributed by atoms with Crippen LogP contribution in [0.2, 0.25) is 0 Å². The number of benzene rings is 2. The van der Waals surface area contributed by atoms with Crippen LogP contribution in [0.3, 0.4) is 0 Å². The normalized spacial score (nSPS) is 15.9. The summed E-state index contributed by atoms with van der Waals surface area (Å²) in [5, 5.41) is 5.74. The summed E-state index contributed by atoms with van der Waals surface area (Å²) in [6, 6.07) is 15.7. The lowest BCUT2D eigenvalue weighted by molar-refractivity contribution is -0.121. The van der Waals surface area contributed by atoms with E-state index in [0.29, 0.717) is 30.9 Å². The molecule has 7 heteroatoms. The van der Waals surface area contributed by atoms with Crippen LogP contribution in [0.15, 0.2) is 54.6 Å². The number of hydrogen-bond acceptors (Lipinski definition) is 4. The van der Waals surface area contributed by atoms with Crippen LogP contribution in [0.4, 0.5) is 16.2 Å². The lowest BCUT2D eigenvalue weighted by atomic mass is 9.97. The topological polar surface area (TPSA) is 87.7 Å². The van der Waals surface area contributed by atoms with E-state index in [0.717, 1.165) is 24.9 Å². The summed E-state index contributed by atoms with van der Waals surface area (Å²) in [4.78, 5) is 38.7. The van der Waals surface area contributed by atoms with E-state index in [1.54, 1.807) is 29.2 Å². The molecule has 0 bridgehead atoms. The molecule has 1 atom stereocenters. The Morgan fingerprint density at radius 3 is 2.40 bits per heavy atom. The molecule has 2 aromatic carbocycles. The predicted octanol–water partition coefficient (Wildman–Crippen LogP) is 4.14. The van der Waals surface area contributed by atoms with Crippen molar-refractivity contribution in [1.29, 1.82) is 0 Å². The second kappa shape index (κ2) is 10.4. The summed E-state index contributed by atoms with van der Waals surface area (Å²) in [5.74, 6) is -0.787. The van der Waals surface area contributed by atoms with E-state index in [1.807, 2.05) is 37.3 Å². The third-order valence-electron chi connectivity index (χ3n) is 4.93.